The van der Waals surface area contributed by atoms with Crippen LogP contribution in [0.2, 0.25) is 0 Å². The largest absolute Gasteiger partial charge is 0.444 e. The number of Topliss-reactive ketones (excluding diaryl/α,β-unsaturated/α-hetero) is 1. The molecule has 1 fully saturated rings. The SMILES string of the molecule is CC(=O)c1nc2cccnc2n1C[C@@H]1CCCN1C(=O)OC(C)(C)C. The molecule has 1 aliphatic heterocycles. The molecule has 7 heteroatoms. The maximum Gasteiger partial charge on any atom is 0.410 e. The maximum atomic E-state index is 12.5. The molecule has 0 saturated carbocycles. The molecule has 3 heterocycles. The molecule has 3 rings (SSSR count). The Morgan fingerprint density at radius 3 is 2.80 bits per heavy atom. The summed E-state index contributed by atoms with van der Waals surface area (Å²) in [4.78, 5) is 35.0. The van der Waals surface area contributed by atoms with Crippen LogP contribution in [0.1, 0.15) is 51.2 Å². The molecule has 0 bridgehead atoms. The summed E-state index contributed by atoms with van der Waals surface area (Å²) in [6.45, 7) is 8.22. The van der Waals surface area contributed by atoms with Crippen molar-refractivity contribution in [2.24, 2.45) is 0 Å². The van der Waals surface area contributed by atoms with Gasteiger partial charge in [-0.05, 0) is 45.7 Å². The van der Waals surface area contributed by atoms with E-state index in [1.165, 1.54) is 6.92 Å². The van der Waals surface area contributed by atoms with E-state index in [0.29, 0.717) is 30.1 Å². The molecule has 2 aromatic rings. The minimum absolute atomic E-state index is 0.0349. The predicted molar refractivity (Wildman–Crippen MR) is 93.5 cm³/mol. The van der Waals surface area contributed by atoms with Crippen LogP contribution < -0.4 is 0 Å². The van der Waals surface area contributed by atoms with E-state index in [-0.39, 0.29) is 17.9 Å². The quantitative estimate of drug-likeness (QED) is 0.800. The number of ether oxygens (including phenoxy) is 1. The van der Waals surface area contributed by atoms with Gasteiger partial charge in [0.25, 0.3) is 0 Å². The van der Waals surface area contributed by atoms with Crippen LogP contribution in [-0.4, -0.2) is 49.5 Å². The first-order valence-corrected chi connectivity index (χ1v) is 8.58. The molecule has 2 aromatic heterocycles. The van der Waals surface area contributed by atoms with E-state index in [4.69, 9.17) is 4.74 Å². The Morgan fingerprint density at radius 1 is 1.36 bits per heavy atom. The van der Waals surface area contributed by atoms with Crippen molar-refractivity contribution in [2.45, 2.75) is 58.7 Å². The maximum absolute atomic E-state index is 12.5. The van der Waals surface area contributed by atoms with Crippen molar-refractivity contribution in [1.29, 1.82) is 0 Å². The molecular weight excluding hydrogens is 320 g/mol. The van der Waals surface area contributed by atoms with Crippen LogP contribution >= 0.6 is 0 Å². The molecule has 0 radical (unpaired) electrons. The highest BCUT2D eigenvalue weighted by Gasteiger charge is 2.33. The van der Waals surface area contributed by atoms with E-state index in [9.17, 15) is 9.59 Å². The highest BCUT2D eigenvalue weighted by atomic mass is 16.6. The minimum atomic E-state index is -0.530. The number of fused-ring (bicyclic) bond motifs is 1. The van der Waals surface area contributed by atoms with Crippen LogP contribution in [0.5, 0.6) is 0 Å². The minimum Gasteiger partial charge on any atom is -0.444 e. The normalized spacial score (nSPS) is 17.9. The zero-order chi connectivity index (χ0) is 18.2. The van der Waals surface area contributed by atoms with Gasteiger partial charge in [0.05, 0.1) is 6.04 Å². The van der Waals surface area contributed by atoms with E-state index in [2.05, 4.69) is 9.97 Å². The van der Waals surface area contributed by atoms with Gasteiger partial charge in [-0.1, -0.05) is 0 Å². The van der Waals surface area contributed by atoms with Crippen molar-refractivity contribution >= 4 is 23.0 Å². The smallest absolute Gasteiger partial charge is 0.410 e. The monoisotopic (exact) mass is 344 g/mol. The molecule has 0 spiro atoms. The summed E-state index contributed by atoms with van der Waals surface area (Å²) in [6, 6.07) is 3.60. The van der Waals surface area contributed by atoms with Gasteiger partial charge in [-0.15, -0.1) is 0 Å². The van der Waals surface area contributed by atoms with Crippen LogP contribution in [0.3, 0.4) is 0 Å². The van der Waals surface area contributed by atoms with Gasteiger partial charge in [-0.2, -0.15) is 0 Å². The average Bonchev–Trinajstić information content (AvgIpc) is 3.11. The van der Waals surface area contributed by atoms with E-state index < -0.39 is 5.60 Å². The summed E-state index contributed by atoms with van der Waals surface area (Å²) >= 11 is 0. The lowest BCUT2D eigenvalue weighted by molar-refractivity contribution is 0.0214. The number of aromatic nitrogens is 3. The first-order valence-electron chi connectivity index (χ1n) is 8.58. The van der Waals surface area contributed by atoms with Crippen LogP contribution in [0.15, 0.2) is 18.3 Å². The first kappa shape index (κ1) is 17.4. The van der Waals surface area contributed by atoms with Crippen molar-refractivity contribution < 1.29 is 14.3 Å². The third kappa shape index (κ3) is 3.65. The molecule has 1 amide bonds. The fourth-order valence-electron chi connectivity index (χ4n) is 3.20. The zero-order valence-electron chi connectivity index (χ0n) is 15.2. The number of likely N-dealkylation sites (tertiary alicyclic amines) is 1. The number of carbonyl (C=O) groups is 2. The molecule has 25 heavy (non-hydrogen) atoms. The third-order valence-corrected chi connectivity index (χ3v) is 4.22. The summed E-state index contributed by atoms with van der Waals surface area (Å²) in [5.74, 6) is 0.268. The molecular formula is C18H24N4O3. The predicted octanol–water partition coefficient (Wildman–Crippen LogP) is 3.03. The van der Waals surface area contributed by atoms with Crippen LogP contribution in [0, 0.1) is 0 Å². The summed E-state index contributed by atoms with van der Waals surface area (Å²) < 4.78 is 7.34. The Hall–Kier alpha value is -2.44. The third-order valence-electron chi connectivity index (χ3n) is 4.22. The van der Waals surface area contributed by atoms with Crippen molar-refractivity contribution in [3.63, 3.8) is 0 Å². The topological polar surface area (TPSA) is 77.3 Å². The molecule has 0 aromatic carbocycles. The standard InChI is InChI=1S/C18H24N4O3/c1-12(23)15-20-14-8-5-9-19-16(14)22(15)11-13-7-6-10-21(13)17(24)25-18(2,3)4/h5,8-9,13H,6-7,10-11H2,1-4H3/t13-/m0/s1. The van der Waals surface area contributed by atoms with Gasteiger partial charge in [-0.25, -0.2) is 14.8 Å². The highest BCUT2D eigenvalue weighted by molar-refractivity contribution is 5.94. The van der Waals surface area contributed by atoms with E-state index in [1.54, 1.807) is 17.2 Å². The van der Waals surface area contributed by atoms with Crippen molar-refractivity contribution in [1.82, 2.24) is 19.4 Å². The average molecular weight is 344 g/mol. The van der Waals surface area contributed by atoms with Gasteiger partial charge in [0.15, 0.2) is 17.3 Å². The van der Waals surface area contributed by atoms with Gasteiger partial charge in [0.1, 0.15) is 11.1 Å². The molecule has 1 aliphatic rings. The van der Waals surface area contributed by atoms with Crippen molar-refractivity contribution in [3.8, 4) is 0 Å². The second-order valence-corrected chi connectivity index (χ2v) is 7.42. The van der Waals surface area contributed by atoms with Gasteiger partial charge in [0, 0.05) is 26.2 Å². The van der Waals surface area contributed by atoms with Crippen molar-refractivity contribution in [2.75, 3.05) is 6.54 Å². The van der Waals surface area contributed by atoms with Gasteiger partial charge >= 0.3 is 6.09 Å². The molecule has 0 aliphatic carbocycles. The Morgan fingerprint density at radius 2 is 2.12 bits per heavy atom. The number of nitrogens with zero attached hydrogens (tertiary/aromatic N) is 4. The van der Waals surface area contributed by atoms with Crippen LogP contribution in [0.25, 0.3) is 11.2 Å². The second-order valence-electron chi connectivity index (χ2n) is 7.42. The summed E-state index contributed by atoms with van der Waals surface area (Å²) in [6.07, 6.45) is 3.16. The molecule has 134 valence electrons. The lowest BCUT2D eigenvalue weighted by Gasteiger charge is -2.29. The molecule has 7 nitrogen and oxygen atoms in total. The number of hydrogen-bond donors (Lipinski definition) is 0. The Bertz CT molecular complexity index is 806. The number of pyridine rings is 1. The molecule has 1 atom stereocenters. The van der Waals surface area contributed by atoms with E-state index in [1.807, 2.05) is 31.4 Å². The van der Waals surface area contributed by atoms with E-state index >= 15 is 0 Å². The zero-order valence-corrected chi connectivity index (χ0v) is 15.2. The molecule has 0 N–H and O–H groups in total. The number of carbonyl (C=O) groups excluding carboxylic acids is 2. The summed E-state index contributed by atoms with van der Waals surface area (Å²) in [7, 11) is 0. The van der Waals surface area contributed by atoms with E-state index in [0.717, 1.165) is 12.8 Å². The second kappa shape index (κ2) is 6.46. The number of imidazole rings is 1. The summed E-state index contributed by atoms with van der Waals surface area (Å²) in [5, 5.41) is 0. The summed E-state index contributed by atoms with van der Waals surface area (Å²) in [5.41, 5.74) is 0.830. The Kier molecular flexibility index (Phi) is 4.49. The molecule has 1 saturated heterocycles. The number of ketones is 1. The lowest BCUT2D eigenvalue weighted by Crippen LogP contribution is -2.41. The van der Waals surface area contributed by atoms with Gasteiger partial charge in [0.2, 0.25) is 0 Å². The Labute approximate surface area is 147 Å². The highest BCUT2D eigenvalue weighted by Crippen LogP contribution is 2.24. The fourth-order valence-corrected chi connectivity index (χ4v) is 3.20. The van der Waals surface area contributed by atoms with Crippen LogP contribution in [0.4, 0.5) is 4.79 Å². The van der Waals surface area contributed by atoms with Crippen LogP contribution in [-0.2, 0) is 11.3 Å². The lowest BCUT2D eigenvalue weighted by atomic mass is 10.2. The fraction of sp³-hybridized carbons (Fsp3) is 0.556. The number of hydrogen-bond acceptors (Lipinski definition) is 5. The first-order chi connectivity index (χ1) is 11.8. The van der Waals surface area contributed by atoms with Gasteiger partial charge in [-0.3, -0.25) is 4.79 Å². The number of rotatable bonds is 3. The van der Waals surface area contributed by atoms with Crippen molar-refractivity contribution in [3.05, 3.63) is 24.2 Å². The van der Waals surface area contributed by atoms with Gasteiger partial charge < -0.3 is 14.2 Å². The Balaban J connectivity index is 1.88. The molecule has 0 unspecified atom stereocenters. The number of amides is 1.